The monoisotopic (exact) mass is 321 g/mol. The molecule has 0 spiro atoms. The second-order valence-corrected chi connectivity index (χ2v) is 4.52. The molecule has 0 amide bonds. The summed E-state index contributed by atoms with van der Waals surface area (Å²) in [5.74, 6) is -0.567. The Labute approximate surface area is 128 Å². The van der Waals surface area contributed by atoms with Gasteiger partial charge in [0.05, 0.1) is 24.3 Å². The summed E-state index contributed by atoms with van der Waals surface area (Å²) in [6, 6.07) is 5.81. The minimum atomic E-state index is -2.56. The molecule has 118 valence electrons. The smallest absolute Gasteiger partial charge is 0.316 e. The van der Waals surface area contributed by atoms with Gasteiger partial charge in [0.15, 0.2) is 5.82 Å². The average molecular weight is 321 g/mol. The Hall–Kier alpha value is -2.97. The number of benzene rings is 1. The lowest BCUT2D eigenvalue weighted by Crippen LogP contribution is -2.00. The summed E-state index contributed by atoms with van der Waals surface area (Å²) >= 11 is 0. The highest BCUT2D eigenvalue weighted by atomic mass is 19.3. The van der Waals surface area contributed by atoms with Gasteiger partial charge in [-0.2, -0.15) is 0 Å². The third-order valence-corrected chi connectivity index (χ3v) is 2.87. The van der Waals surface area contributed by atoms with Crippen LogP contribution in [0, 0.1) is 5.82 Å². The lowest BCUT2D eigenvalue weighted by Gasteiger charge is -2.03. The Balaban J connectivity index is 1.70. The minimum absolute atomic E-state index is 0.000600. The van der Waals surface area contributed by atoms with E-state index in [4.69, 9.17) is 4.74 Å². The standard InChI is InChI=1S/C14H10F3N5O/c15-10-5-18-14(19-6-10)23-8-11-7-22(21-20-11)12-3-1-2-9(4-12)13(16)17/h1-7,13H,8H2. The molecular weight excluding hydrogens is 311 g/mol. The van der Waals surface area contributed by atoms with Crippen LogP contribution in [0.3, 0.4) is 0 Å². The van der Waals surface area contributed by atoms with E-state index in [0.717, 1.165) is 12.4 Å². The molecule has 2 heterocycles. The first-order chi connectivity index (χ1) is 11.1. The topological polar surface area (TPSA) is 65.7 Å². The maximum Gasteiger partial charge on any atom is 0.316 e. The second kappa shape index (κ2) is 6.42. The lowest BCUT2D eigenvalue weighted by molar-refractivity contribution is 0.151. The highest BCUT2D eigenvalue weighted by molar-refractivity contribution is 5.35. The number of aromatic nitrogens is 5. The molecule has 3 rings (SSSR count). The maximum atomic E-state index is 12.7. The third kappa shape index (κ3) is 3.62. The molecule has 0 saturated heterocycles. The molecule has 0 aliphatic heterocycles. The molecule has 0 aliphatic carbocycles. The lowest BCUT2D eigenvalue weighted by atomic mass is 10.2. The number of nitrogens with zero attached hydrogens (tertiary/aromatic N) is 5. The number of alkyl halides is 2. The molecule has 0 fully saturated rings. The normalized spacial score (nSPS) is 11.0. The van der Waals surface area contributed by atoms with Gasteiger partial charge in [-0.3, -0.25) is 0 Å². The van der Waals surface area contributed by atoms with E-state index >= 15 is 0 Å². The first-order valence-electron chi connectivity index (χ1n) is 6.52. The van der Waals surface area contributed by atoms with Crippen molar-refractivity contribution < 1.29 is 17.9 Å². The van der Waals surface area contributed by atoms with Crippen LogP contribution in [0.2, 0.25) is 0 Å². The number of hydrogen-bond acceptors (Lipinski definition) is 5. The Bertz CT molecular complexity index is 791. The van der Waals surface area contributed by atoms with Crippen molar-refractivity contribution in [2.24, 2.45) is 0 Å². The van der Waals surface area contributed by atoms with Crippen LogP contribution in [0.15, 0.2) is 42.9 Å². The third-order valence-electron chi connectivity index (χ3n) is 2.87. The van der Waals surface area contributed by atoms with Gasteiger partial charge in [0, 0.05) is 5.56 Å². The highest BCUT2D eigenvalue weighted by Gasteiger charge is 2.10. The molecule has 0 N–H and O–H groups in total. The number of ether oxygens (including phenoxy) is 1. The van der Waals surface area contributed by atoms with Crippen molar-refractivity contribution in [2.45, 2.75) is 13.0 Å². The Morgan fingerprint density at radius 1 is 1.17 bits per heavy atom. The fourth-order valence-corrected chi connectivity index (χ4v) is 1.81. The zero-order valence-corrected chi connectivity index (χ0v) is 11.6. The van der Waals surface area contributed by atoms with E-state index < -0.39 is 12.2 Å². The van der Waals surface area contributed by atoms with Crippen molar-refractivity contribution in [3.8, 4) is 11.7 Å². The van der Waals surface area contributed by atoms with Crippen LogP contribution in [0.5, 0.6) is 6.01 Å². The predicted octanol–water partition coefficient (Wildman–Crippen LogP) is 2.71. The van der Waals surface area contributed by atoms with Crippen molar-refractivity contribution >= 4 is 0 Å². The summed E-state index contributed by atoms with van der Waals surface area (Å²) in [5, 5.41) is 7.72. The fraction of sp³-hybridized carbons (Fsp3) is 0.143. The van der Waals surface area contributed by atoms with Gasteiger partial charge in [0.1, 0.15) is 12.3 Å². The number of rotatable bonds is 5. The fourth-order valence-electron chi connectivity index (χ4n) is 1.81. The van der Waals surface area contributed by atoms with E-state index in [2.05, 4.69) is 20.3 Å². The van der Waals surface area contributed by atoms with Crippen molar-refractivity contribution in [2.75, 3.05) is 0 Å². The van der Waals surface area contributed by atoms with E-state index in [1.807, 2.05) is 0 Å². The van der Waals surface area contributed by atoms with Crippen LogP contribution >= 0.6 is 0 Å². The highest BCUT2D eigenvalue weighted by Crippen LogP contribution is 2.21. The van der Waals surface area contributed by atoms with Crippen molar-refractivity contribution in [3.05, 3.63) is 59.9 Å². The van der Waals surface area contributed by atoms with Gasteiger partial charge < -0.3 is 4.74 Å². The Kier molecular flexibility index (Phi) is 4.18. The van der Waals surface area contributed by atoms with Gasteiger partial charge in [0.25, 0.3) is 6.43 Å². The van der Waals surface area contributed by atoms with Gasteiger partial charge >= 0.3 is 6.01 Å². The van der Waals surface area contributed by atoms with E-state index in [1.54, 1.807) is 6.07 Å². The summed E-state index contributed by atoms with van der Waals surface area (Å²) in [6.45, 7) is 0.0141. The first kappa shape index (κ1) is 14.9. The molecule has 9 heteroatoms. The zero-order chi connectivity index (χ0) is 16.2. The van der Waals surface area contributed by atoms with Crippen molar-refractivity contribution in [3.63, 3.8) is 0 Å². The summed E-state index contributed by atoms with van der Waals surface area (Å²) in [7, 11) is 0. The van der Waals surface area contributed by atoms with Crippen LogP contribution in [0.25, 0.3) is 5.69 Å². The largest absolute Gasteiger partial charge is 0.457 e. The Morgan fingerprint density at radius 2 is 1.96 bits per heavy atom. The van der Waals surface area contributed by atoms with Gasteiger partial charge in [-0.25, -0.2) is 27.8 Å². The summed E-state index contributed by atoms with van der Waals surface area (Å²) < 4.78 is 44.7. The van der Waals surface area contributed by atoms with Gasteiger partial charge in [-0.15, -0.1) is 5.10 Å². The van der Waals surface area contributed by atoms with Crippen LogP contribution in [0.4, 0.5) is 13.2 Å². The van der Waals surface area contributed by atoms with Crippen LogP contribution in [0.1, 0.15) is 17.7 Å². The molecule has 2 aromatic heterocycles. The molecule has 6 nitrogen and oxygen atoms in total. The predicted molar refractivity (Wildman–Crippen MR) is 72.6 cm³/mol. The molecule has 0 atom stereocenters. The number of halogens is 3. The van der Waals surface area contributed by atoms with Gasteiger partial charge in [-0.1, -0.05) is 17.3 Å². The maximum absolute atomic E-state index is 12.7. The quantitative estimate of drug-likeness (QED) is 0.723. The van der Waals surface area contributed by atoms with E-state index in [1.165, 1.54) is 29.1 Å². The second-order valence-electron chi connectivity index (χ2n) is 4.52. The van der Waals surface area contributed by atoms with Gasteiger partial charge in [0.2, 0.25) is 0 Å². The zero-order valence-electron chi connectivity index (χ0n) is 11.6. The summed E-state index contributed by atoms with van der Waals surface area (Å²) in [4.78, 5) is 7.29. The average Bonchev–Trinajstić information content (AvgIpc) is 3.03. The molecule has 0 bridgehead atoms. The Morgan fingerprint density at radius 3 is 2.70 bits per heavy atom. The van der Waals surface area contributed by atoms with Gasteiger partial charge in [-0.05, 0) is 12.1 Å². The van der Waals surface area contributed by atoms with E-state index in [9.17, 15) is 13.2 Å². The van der Waals surface area contributed by atoms with Crippen LogP contribution in [-0.4, -0.2) is 25.0 Å². The number of hydrogen-bond donors (Lipinski definition) is 0. The van der Waals surface area contributed by atoms with Crippen LogP contribution < -0.4 is 4.74 Å². The minimum Gasteiger partial charge on any atom is -0.457 e. The molecule has 0 unspecified atom stereocenters. The molecule has 0 radical (unpaired) electrons. The molecule has 3 aromatic rings. The molecule has 23 heavy (non-hydrogen) atoms. The molecule has 0 aliphatic rings. The van der Waals surface area contributed by atoms with E-state index in [0.29, 0.717) is 11.4 Å². The SMILES string of the molecule is Fc1cnc(OCc2cn(-c3cccc(C(F)F)c3)nn2)nc1. The first-order valence-corrected chi connectivity index (χ1v) is 6.52. The van der Waals surface area contributed by atoms with Crippen LogP contribution in [-0.2, 0) is 6.61 Å². The molecule has 0 saturated carbocycles. The summed E-state index contributed by atoms with van der Waals surface area (Å²) in [6.07, 6.45) is 0.940. The molecule has 1 aromatic carbocycles. The summed E-state index contributed by atoms with van der Waals surface area (Å²) in [5.41, 5.74) is 0.801. The van der Waals surface area contributed by atoms with Crippen molar-refractivity contribution in [1.82, 2.24) is 25.0 Å². The van der Waals surface area contributed by atoms with E-state index in [-0.39, 0.29) is 18.2 Å². The molecular formula is C14H10F3N5O. The van der Waals surface area contributed by atoms with Crippen molar-refractivity contribution in [1.29, 1.82) is 0 Å².